The van der Waals surface area contributed by atoms with Gasteiger partial charge in [-0.15, -0.1) is 5.10 Å². The first-order valence-corrected chi connectivity index (χ1v) is 7.73. The Hall–Kier alpha value is -2.34. The van der Waals surface area contributed by atoms with E-state index in [9.17, 15) is 9.90 Å². The van der Waals surface area contributed by atoms with E-state index in [0.717, 1.165) is 11.4 Å². The summed E-state index contributed by atoms with van der Waals surface area (Å²) < 4.78 is 1.81. The summed E-state index contributed by atoms with van der Waals surface area (Å²) in [5, 5.41) is 19.0. The van der Waals surface area contributed by atoms with Crippen LogP contribution in [0.15, 0.2) is 24.3 Å². The number of aliphatic hydroxyl groups excluding tert-OH is 1. The van der Waals surface area contributed by atoms with Crippen LogP contribution in [0, 0.1) is 20.8 Å². The highest BCUT2D eigenvalue weighted by atomic mass is 16.3. The Balaban J connectivity index is 2.07. The Morgan fingerprint density at radius 2 is 1.87 bits per heavy atom. The molecule has 0 saturated heterocycles. The van der Waals surface area contributed by atoms with Crippen molar-refractivity contribution in [3.63, 3.8) is 0 Å². The Labute approximate surface area is 136 Å². The predicted octanol–water partition coefficient (Wildman–Crippen LogP) is 2.69. The van der Waals surface area contributed by atoms with Crippen molar-refractivity contribution in [2.75, 3.05) is 11.9 Å². The van der Waals surface area contributed by atoms with Gasteiger partial charge in [-0.1, -0.05) is 6.07 Å². The molecular formula is C17H24N4O2. The maximum Gasteiger partial charge on any atom is 0.320 e. The zero-order valence-electron chi connectivity index (χ0n) is 14.1. The van der Waals surface area contributed by atoms with Gasteiger partial charge in [0.05, 0.1) is 11.8 Å². The van der Waals surface area contributed by atoms with Gasteiger partial charge in [-0.2, -0.15) is 0 Å². The first kappa shape index (κ1) is 17.0. The summed E-state index contributed by atoms with van der Waals surface area (Å²) in [6, 6.07) is 7.72. The van der Waals surface area contributed by atoms with Crippen molar-refractivity contribution >= 4 is 11.8 Å². The van der Waals surface area contributed by atoms with Crippen LogP contribution in [0.5, 0.6) is 0 Å². The molecule has 6 nitrogen and oxygen atoms in total. The molecule has 3 N–H and O–H groups in total. The number of aryl methyl sites for hydroxylation is 3. The fourth-order valence-corrected chi connectivity index (χ4v) is 2.42. The molecular weight excluding hydrogens is 292 g/mol. The average molecular weight is 316 g/mol. The summed E-state index contributed by atoms with van der Waals surface area (Å²) in [5.74, 6) is 0.496. The third-order valence-electron chi connectivity index (χ3n) is 3.43. The summed E-state index contributed by atoms with van der Waals surface area (Å²) >= 11 is 0. The molecule has 1 aromatic heterocycles. The van der Waals surface area contributed by atoms with E-state index in [0.29, 0.717) is 18.8 Å². The Bertz CT molecular complexity index is 672. The second-order valence-corrected chi connectivity index (χ2v) is 5.95. The van der Waals surface area contributed by atoms with Gasteiger partial charge >= 0.3 is 6.03 Å². The van der Waals surface area contributed by atoms with Crippen molar-refractivity contribution < 1.29 is 9.90 Å². The zero-order valence-corrected chi connectivity index (χ0v) is 14.1. The van der Waals surface area contributed by atoms with Gasteiger partial charge in [-0.05, 0) is 57.4 Å². The van der Waals surface area contributed by atoms with Crippen molar-refractivity contribution in [3.8, 4) is 5.69 Å². The van der Waals surface area contributed by atoms with E-state index in [2.05, 4.69) is 33.9 Å². The Morgan fingerprint density at radius 3 is 2.48 bits per heavy atom. The van der Waals surface area contributed by atoms with E-state index < -0.39 is 6.10 Å². The lowest BCUT2D eigenvalue weighted by Gasteiger charge is -2.08. The van der Waals surface area contributed by atoms with E-state index in [4.69, 9.17) is 0 Å². The van der Waals surface area contributed by atoms with Crippen LogP contribution in [0.25, 0.3) is 5.69 Å². The predicted molar refractivity (Wildman–Crippen MR) is 91.1 cm³/mol. The van der Waals surface area contributed by atoms with E-state index in [1.54, 1.807) is 6.92 Å². The maximum atomic E-state index is 11.8. The number of benzene rings is 1. The number of anilines is 1. The third kappa shape index (κ3) is 4.82. The minimum atomic E-state index is -0.429. The molecule has 0 spiro atoms. The number of carbonyl (C=O) groups excluding carboxylic acids is 1. The van der Waals surface area contributed by atoms with Crippen molar-refractivity contribution in [1.29, 1.82) is 0 Å². The number of hydrogen-bond donors (Lipinski definition) is 3. The lowest BCUT2D eigenvalue weighted by molar-refractivity contribution is 0.184. The van der Waals surface area contributed by atoms with E-state index >= 15 is 0 Å². The molecule has 0 fully saturated rings. The minimum absolute atomic E-state index is 0.323. The zero-order chi connectivity index (χ0) is 17.0. The van der Waals surface area contributed by atoms with Crippen molar-refractivity contribution in [3.05, 3.63) is 41.1 Å². The third-order valence-corrected chi connectivity index (χ3v) is 3.43. The van der Waals surface area contributed by atoms with Crippen molar-refractivity contribution in [2.45, 2.75) is 40.2 Å². The van der Waals surface area contributed by atoms with Crippen molar-refractivity contribution in [1.82, 2.24) is 15.1 Å². The fraction of sp³-hybridized carbons (Fsp3) is 0.412. The fourth-order valence-electron chi connectivity index (χ4n) is 2.42. The molecule has 6 heteroatoms. The number of hydrogen-bond acceptors (Lipinski definition) is 3. The molecule has 0 radical (unpaired) electrons. The molecule has 0 bridgehead atoms. The molecule has 1 unspecified atom stereocenters. The highest BCUT2D eigenvalue weighted by Crippen LogP contribution is 2.17. The van der Waals surface area contributed by atoms with Crippen LogP contribution in [0.1, 0.15) is 30.2 Å². The smallest absolute Gasteiger partial charge is 0.320 e. The summed E-state index contributed by atoms with van der Waals surface area (Å²) in [7, 11) is 0. The van der Waals surface area contributed by atoms with E-state index in [1.807, 2.05) is 31.5 Å². The highest BCUT2D eigenvalue weighted by molar-refractivity contribution is 5.88. The molecule has 2 amide bonds. The molecule has 0 aliphatic rings. The SMILES string of the molecule is Cc1cc(C)cc(-n2nc(NC(=O)NCCC(C)O)cc2C)c1. The van der Waals surface area contributed by atoms with Crippen LogP contribution in [-0.2, 0) is 0 Å². The number of rotatable bonds is 5. The summed E-state index contributed by atoms with van der Waals surface area (Å²) in [4.78, 5) is 11.8. The summed E-state index contributed by atoms with van der Waals surface area (Å²) in [5.41, 5.74) is 4.25. The first-order chi connectivity index (χ1) is 10.8. The van der Waals surface area contributed by atoms with Crippen LogP contribution in [0.4, 0.5) is 10.6 Å². The lowest BCUT2D eigenvalue weighted by Crippen LogP contribution is -2.31. The van der Waals surface area contributed by atoms with Gasteiger partial charge in [0.25, 0.3) is 0 Å². The van der Waals surface area contributed by atoms with Crippen LogP contribution in [0.3, 0.4) is 0 Å². The van der Waals surface area contributed by atoms with Gasteiger partial charge in [0.1, 0.15) is 0 Å². The summed E-state index contributed by atoms with van der Waals surface area (Å²) in [6.45, 7) is 8.14. The molecule has 124 valence electrons. The van der Waals surface area contributed by atoms with E-state index in [-0.39, 0.29) is 6.03 Å². The first-order valence-electron chi connectivity index (χ1n) is 7.73. The van der Waals surface area contributed by atoms with Crippen LogP contribution in [-0.4, -0.2) is 33.6 Å². The normalized spacial score (nSPS) is 12.0. The average Bonchev–Trinajstić information content (AvgIpc) is 2.77. The number of aromatic nitrogens is 2. The number of nitrogens with one attached hydrogen (secondary N) is 2. The van der Waals surface area contributed by atoms with Crippen molar-refractivity contribution in [2.24, 2.45) is 0 Å². The largest absolute Gasteiger partial charge is 0.393 e. The Morgan fingerprint density at radius 1 is 1.22 bits per heavy atom. The van der Waals surface area contributed by atoms with Gasteiger partial charge in [-0.25, -0.2) is 9.48 Å². The molecule has 2 rings (SSSR count). The number of amides is 2. The molecule has 2 aromatic rings. The van der Waals surface area contributed by atoms with Gasteiger partial charge in [0, 0.05) is 18.3 Å². The summed E-state index contributed by atoms with van der Waals surface area (Å²) in [6.07, 6.45) is 0.0880. The number of nitrogens with zero attached hydrogens (tertiary/aromatic N) is 2. The van der Waals surface area contributed by atoms with Crippen LogP contribution in [0.2, 0.25) is 0 Å². The number of carbonyl (C=O) groups is 1. The van der Waals surface area contributed by atoms with Gasteiger partial charge in [0.2, 0.25) is 0 Å². The van der Waals surface area contributed by atoms with Gasteiger partial charge in [-0.3, -0.25) is 5.32 Å². The number of urea groups is 1. The topological polar surface area (TPSA) is 79.2 Å². The molecule has 1 heterocycles. The highest BCUT2D eigenvalue weighted by Gasteiger charge is 2.10. The quantitative estimate of drug-likeness (QED) is 0.793. The monoisotopic (exact) mass is 316 g/mol. The van der Waals surface area contributed by atoms with Crippen LogP contribution < -0.4 is 10.6 Å². The van der Waals surface area contributed by atoms with E-state index in [1.165, 1.54) is 11.1 Å². The number of aliphatic hydroxyl groups is 1. The molecule has 0 aliphatic heterocycles. The second kappa shape index (κ2) is 7.28. The van der Waals surface area contributed by atoms with Crippen LogP contribution >= 0.6 is 0 Å². The Kier molecular flexibility index (Phi) is 5.39. The second-order valence-electron chi connectivity index (χ2n) is 5.95. The van der Waals surface area contributed by atoms with Gasteiger partial charge in [0.15, 0.2) is 5.82 Å². The molecule has 1 atom stereocenters. The lowest BCUT2D eigenvalue weighted by atomic mass is 10.1. The van der Waals surface area contributed by atoms with Gasteiger partial charge < -0.3 is 10.4 Å². The minimum Gasteiger partial charge on any atom is -0.393 e. The standard InChI is InChI=1S/C17H24N4O2/c1-11-7-12(2)9-15(8-11)21-13(3)10-16(20-21)19-17(23)18-6-5-14(4)22/h7-10,14,22H,5-6H2,1-4H3,(H2,18,19,20,23). The molecule has 0 saturated carbocycles. The molecule has 0 aliphatic carbocycles. The molecule has 23 heavy (non-hydrogen) atoms. The maximum absolute atomic E-state index is 11.8. The molecule has 1 aromatic carbocycles.